The van der Waals surface area contributed by atoms with Crippen molar-refractivity contribution in [3.63, 3.8) is 0 Å². The molecule has 1 aromatic carbocycles. The number of rotatable bonds is 6. The van der Waals surface area contributed by atoms with E-state index >= 15 is 0 Å². The van der Waals surface area contributed by atoms with E-state index in [0.717, 1.165) is 34.8 Å². The Morgan fingerprint density at radius 1 is 1.12 bits per heavy atom. The molecule has 0 aliphatic carbocycles. The van der Waals surface area contributed by atoms with E-state index in [0.29, 0.717) is 6.54 Å². The van der Waals surface area contributed by atoms with Gasteiger partial charge < -0.3 is 5.32 Å². The summed E-state index contributed by atoms with van der Waals surface area (Å²) in [5.74, 6) is -0.139. The molecule has 0 saturated carbocycles. The minimum absolute atomic E-state index is 0.139. The van der Waals surface area contributed by atoms with Crippen molar-refractivity contribution in [1.82, 2.24) is 20.1 Å². The van der Waals surface area contributed by atoms with Crippen LogP contribution in [0.2, 0.25) is 0 Å². The molecule has 132 valence electrons. The number of aryl methyl sites for hydroxylation is 2. The first kappa shape index (κ1) is 17.6. The molecule has 5 nitrogen and oxygen atoms in total. The molecule has 0 saturated heterocycles. The number of pyridine rings is 1. The normalized spacial score (nSPS) is 11.0. The summed E-state index contributed by atoms with van der Waals surface area (Å²) in [6, 6.07) is 15.8. The van der Waals surface area contributed by atoms with Crippen LogP contribution in [0.5, 0.6) is 0 Å². The molecule has 0 aliphatic rings. The van der Waals surface area contributed by atoms with E-state index in [-0.39, 0.29) is 5.91 Å². The average molecular weight is 346 g/mol. The molecule has 0 bridgehead atoms. The van der Waals surface area contributed by atoms with Crippen LogP contribution in [-0.4, -0.2) is 20.7 Å². The quantitative estimate of drug-likeness (QED) is 0.697. The second-order valence-corrected chi connectivity index (χ2v) is 6.21. The molecule has 0 radical (unpaired) electrons. The van der Waals surface area contributed by atoms with E-state index < -0.39 is 0 Å². The molecule has 1 N–H and O–H groups in total. The Balaban J connectivity index is 1.57. The number of nitrogens with one attached hydrogen (secondary N) is 1. The summed E-state index contributed by atoms with van der Waals surface area (Å²) in [4.78, 5) is 16.1. The molecule has 3 rings (SSSR count). The number of carbonyl (C=O) groups is 1. The zero-order chi connectivity index (χ0) is 18.4. The van der Waals surface area contributed by atoms with Gasteiger partial charge in [-0.3, -0.25) is 14.5 Å². The molecule has 0 spiro atoms. The summed E-state index contributed by atoms with van der Waals surface area (Å²) in [7, 11) is 0. The average Bonchev–Trinajstić information content (AvgIpc) is 2.96. The molecule has 0 fully saturated rings. The van der Waals surface area contributed by atoms with E-state index in [2.05, 4.69) is 40.5 Å². The first-order chi connectivity index (χ1) is 12.6. The van der Waals surface area contributed by atoms with Gasteiger partial charge in [-0.2, -0.15) is 5.10 Å². The van der Waals surface area contributed by atoms with Gasteiger partial charge in [-0.15, -0.1) is 0 Å². The summed E-state index contributed by atoms with van der Waals surface area (Å²) >= 11 is 0. The van der Waals surface area contributed by atoms with Crippen LogP contribution in [0, 0.1) is 13.8 Å². The van der Waals surface area contributed by atoms with Crippen LogP contribution in [0.15, 0.2) is 60.8 Å². The molecule has 3 aromatic rings. The van der Waals surface area contributed by atoms with Crippen LogP contribution in [-0.2, 0) is 17.9 Å². The Bertz CT molecular complexity index is 913. The van der Waals surface area contributed by atoms with Crippen molar-refractivity contribution in [3.05, 3.63) is 89.0 Å². The largest absolute Gasteiger partial charge is 0.348 e. The first-order valence-electron chi connectivity index (χ1n) is 8.56. The molecule has 0 atom stereocenters. The highest BCUT2D eigenvalue weighted by Crippen LogP contribution is 2.10. The Kier molecular flexibility index (Phi) is 5.59. The molecule has 0 unspecified atom stereocenters. The molecule has 2 aromatic heterocycles. The van der Waals surface area contributed by atoms with Crippen LogP contribution < -0.4 is 5.32 Å². The van der Waals surface area contributed by atoms with Crippen molar-refractivity contribution in [1.29, 1.82) is 0 Å². The maximum atomic E-state index is 12.0. The highest BCUT2D eigenvalue weighted by molar-refractivity contribution is 5.91. The third kappa shape index (κ3) is 4.89. The lowest BCUT2D eigenvalue weighted by molar-refractivity contribution is -0.116. The van der Waals surface area contributed by atoms with Gasteiger partial charge in [0.25, 0.3) is 0 Å². The van der Waals surface area contributed by atoms with Crippen molar-refractivity contribution in [3.8, 4) is 0 Å². The van der Waals surface area contributed by atoms with Crippen molar-refractivity contribution in [2.24, 2.45) is 0 Å². The van der Waals surface area contributed by atoms with Gasteiger partial charge in [0.1, 0.15) is 0 Å². The van der Waals surface area contributed by atoms with E-state index in [9.17, 15) is 4.79 Å². The lowest BCUT2D eigenvalue weighted by atomic mass is 10.1. The SMILES string of the molecule is Cc1cc(C)n(Cc2cccc(CNC(=O)/C=C/c3ccccn3)c2)n1. The number of aromatic nitrogens is 3. The van der Waals surface area contributed by atoms with Gasteiger partial charge in [0.15, 0.2) is 0 Å². The third-order valence-corrected chi connectivity index (χ3v) is 3.99. The summed E-state index contributed by atoms with van der Waals surface area (Å²) in [6.07, 6.45) is 4.91. The Morgan fingerprint density at radius 2 is 1.96 bits per heavy atom. The number of benzene rings is 1. The lowest BCUT2D eigenvalue weighted by Crippen LogP contribution is -2.20. The van der Waals surface area contributed by atoms with Crippen LogP contribution in [0.3, 0.4) is 0 Å². The minimum atomic E-state index is -0.139. The van der Waals surface area contributed by atoms with Gasteiger partial charge >= 0.3 is 0 Å². The third-order valence-electron chi connectivity index (χ3n) is 3.99. The number of carbonyl (C=O) groups excluding carboxylic acids is 1. The van der Waals surface area contributed by atoms with Crippen LogP contribution in [0.4, 0.5) is 0 Å². The topological polar surface area (TPSA) is 59.8 Å². The fourth-order valence-corrected chi connectivity index (χ4v) is 2.73. The van der Waals surface area contributed by atoms with Crippen LogP contribution in [0.1, 0.15) is 28.2 Å². The number of amides is 1. The second kappa shape index (κ2) is 8.25. The summed E-state index contributed by atoms with van der Waals surface area (Å²) < 4.78 is 1.99. The van der Waals surface area contributed by atoms with Crippen molar-refractivity contribution >= 4 is 12.0 Å². The van der Waals surface area contributed by atoms with E-state index in [4.69, 9.17) is 0 Å². The smallest absolute Gasteiger partial charge is 0.244 e. The van der Waals surface area contributed by atoms with Gasteiger partial charge in [0.2, 0.25) is 5.91 Å². The lowest BCUT2D eigenvalue weighted by Gasteiger charge is -2.08. The standard InChI is InChI=1S/C21H22N4O/c1-16-12-17(2)25(24-16)15-19-7-5-6-18(13-19)14-23-21(26)10-9-20-8-3-4-11-22-20/h3-13H,14-15H2,1-2H3,(H,23,26)/b10-9+. The molecule has 2 heterocycles. The summed E-state index contributed by atoms with van der Waals surface area (Å²) in [5.41, 5.74) is 5.14. The van der Waals surface area contributed by atoms with E-state index in [1.165, 1.54) is 6.08 Å². The van der Waals surface area contributed by atoms with E-state index in [1.807, 2.05) is 41.9 Å². The zero-order valence-corrected chi connectivity index (χ0v) is 15.0. The Labute approximate surface area is 153 Å². The molecular formula is C21H22N4O. The monoisotopic (exact) mass is 346 g/mol. The van der Waals surface area contributed by atoms with Gasteiger partial charge in [0.05, 0.1) is 17.9 Å². The van der Waals surface area contributed by atoms with Gasteiger partial charge in [0, 0.05) is 24.5 Å². The van der Waals surface area contributed by atoms with Crippen LogP contribution >= 0.6 is 0 Å². The summed E-state index contributed by atoms with van der Waals surface area (Å²) in [6.45, 7) is 5.25. The minimum Gasteiger partial charge on any atom is -0.348 e. The predicted octanol–water partition coefficient (Wildman–Crippen LogP) is 3.27. The second-order valence-electron chi connectivity index (χ2n) is 6.21. The maximum Gasteiger partial charge on any atom is 0.244 e. The Morgan fingerprint density at radius 3 is 2.69 bits per heavy atom. The first-order valence-corrected chi connectivity index (χ1v) is 8.56. The maximum absolute atomic E-state index is 12.0. The Hall–Kier alpha value is -3.21. The molecule has 1 amide bonds. The summed E-state index contributed by atoms with van der Waals surface area (Å²) in [5, 5.41) is 7.39. The van der Waals surface area contributed by atoms with E-state index in [1.54, 1.807) is 12.3 Å². The molecule has 5 heteroatoms. The number of hydrogen-bond donors (Lipinski definition) is 1. The van der Waals surface area contributed by atoms with Gasteiger partial charge in [-0.1, -0.05) is 30.3 Å². The predicted molar refractivity (Wildman–Crippen MR) is 102 cm³/mol. The highest BCUT2D eigenvalue weighted by Gasteiger charge is 2.03. The fraction of sp³-hybridized carbons (Fsp3) is 0.190. The fourth-order valence-electron chi connectivity index (χ4n) is 2.73. The molecule has 0 aliphatic heterocycles. The molecule has 26 heavy (non-hydrogen) atoms. The van der Waals surface area contributed by atoms with Crippen molar-refractivity contribution in [2.75, 3.05) is 0 Å². The highest BCUT2D eigenvalue weighted by atomic mass is 16.1. The molecular weight excluding hydrogens is 324 g/mol. The van der Waals surface area contributed by atoms with Crippen LogP contribution in [0.25, 0.3) is 6.08 Å². The number of hydrogen-bond acceptors (Lipinski definition) is 3. The number of nitrogens with zero attached hydrogens (tertiary/aromatic N) is 3. The van der Waals surface area contributed by atoms with Crippen molar-refractivity contribution < 1.29 is 4.79 Å². The zero-order valence-electron chi connectivity index (χ0n) is 15.0. The van der Waals surface area contributed by atoms with Gasteiger partial charge in [-0.25, -0.2) is 0 Å². The van der Waals surface area contributed by atoms with Gasteiger partial charge in [-0.05, 0) is 49.2 Å². The van der Waals surface area contributed by atoms with Crippen molar-refractivity contribution in [2.45, 2.75) is 26.9 Å².